The van der Waals surface area contributed by atoms with E-state index < -0.39 is 0 Å². The highest BCUT2D eigenvalue weighted by Gasteiger charge is 2.09. The predicted molar refractivity (Wildman–Crippen MR) is 99.5 cm³/mol. The van der Waals surface area contributed by atoms with Crippen LogP contribution in [0.4, 0.5) is 0 Å². The molecular formula is C18H19BrN2O4. The van der Waals surface area contributed by atoms with Gasteiger partial charge >= 0.3 is 0 Å². The molecule has 6 nitrogen and oxygen atoms in total. The number of nitrogens with zero attached hydrogens (tertiary/aromatic N) is 1. The standard InChI is InChI=1S/C18H19BrN2O4/c1-12(16-10-15(23-2)8-9-17(16)24-3)20-21-18(22)11-25-14-6-4-13(19)5-7-14/h4-10H,11H2,1-3H3,(H,21,22)/b20-12-. The highest BCUT2D eigenvalue weighted by atomic mass is 79.9. The van der Waals surface area contributed by atoms with E-state index in [2.05, 4.69) is 26.5 Å². The fourth-order valence-electron chi connectivity index (χ4n) is 2.02. The highest BCUT2D eigenvalue weighted by Crippen LogP contribution is 2.24. The van der Waals surface area contributed by atoms with Crippen molar-refractivity contribution in [2.24, 2.45) is 5.10 Å². The van der Waals surface area contributed by atoms with Crippen molar-refractivity contribution in [3.8, 4) is 17.2 Å². The quantitative estimate of drug-likeness (QED) is 0.565. The Labute approximate surface area is 154 Å². The summed E-state index contributed by atoms with van der Waals surface area (Å²) in [7, 11) is 3.16. The summed E-state index contributed by atoms with van der Waals surface area (Å²) < 4.78 is 16.9. The number of hydrogen-bond donors (Lipinski definition) is 1. The zero-order chi connectivity index (χ0) is 18.2. The molecule has 0 spiro atoms. The summed E-state index contributed by atoms with van der Waals surface area (Å²) in [5.74, 6) is 1.57. The van der Waals surface area contributed by atoms with E-state index in [1.54, 1.807) is 51.5 Å². The van der Waals surface area contributed by atoms with Gasteiger partial charge < -0.3 is 14.2 Å². The molecule has 0 bridgehead atoms. The number of hydrogen-bond acceptors (Lipinski definition) is 5. The van der Waals surface area contributed by atoms with Crippen LogP contribution in [-0.2, 0) is 4.79 Å². The van der Waals surface area contributed by atoms with Crippen LogP contribution in [0.1, 0.15) is 12.5 Å². The average Bonchev–Trinajstić information content (AvgIpc) is 2.65. The average molecular weight is 407 g/mol. The van der Waals surface area contributed by atoms with Crippen LogP contribution < -0.4 is 19.6 Å². The maximum Gasteiger partial charge on any atom is 0.277 e. The number of rotatable bonds is 7. The zero-order valence-corrected chi connectivity index (χ0v) is 15.8. The lowest BCUT2D eigenvalue weighted by atomic mass is 10.1. The summed E-state index contributed by atoms with van der Waals surface area (Å²) in [6, 6.07) is 12.6. The van der Waals surface area contributed by atoms with Crippen LogP contribution in [0.3, 0.4) is 0 Å². The van der Waals surface area contributed by atoms with Gasteiger partial charge in [-0.15, -0.1) is 0 Å². The first-order chi connectivity index (χ1) is 12.0. The van der Waals surface area contributed by atoms with Crippen molar-refractivity contribution < 1.29 is 19.0 Å². The van der Waals surface area contributed by atoms with Gasteiger partial charge in [0, 0.05) is 10.0 Å². The molecule has 0 heterocycles. The first-order valence-electron chi connectivity index (χ1n) is 7.47. The van der Waals surface area contributed by atoms with Crippen LogP contribution in [0.25, 0.3) is 0 Å². The molecule has 0 saturated heterocycles. The number of halogens is 1. The Balaban J connectivity index is 1.98. The molecule has 0 unspecified atom stereocenters. The maximum absolute atomic E-state index is 11.9. The molecule has 2 rings (SSSR count). The molecule has 1 amide bonds. The summed E-state index contributed by atoms with van der Waals surface area (Å²) >= 11 is 3.34. The van der Waals surface area contributed by atoms with E-state index in [1.165, 1.54) is 0 Å². The normalized spacial score (nSPS) is 11.0. The van der Waals surface area contributed by atoms with Gasteiger partial charge in [0.05, 0.1) is 19.9 Å². The summed E-state index contributed by atoms with van der Waals surface area (Å²) in [4.78, 5) is 11.9. The number of ether oxygens (including phenoxy) is 3. The van der Waals surface area contributed by atoms with E-state index in [9.17, 15) is 4.79 Å². The van der Waals surface area contributed by atoms with E-state index in [-0.39, 0.29) is 12.5 Å². The molecule has 0 saturated carbocycles. The highest BCUT2D eigenvalue weighted by molar-refractivity contribution is 9.10. The van der Waals surface area contributed by atoms with E-state index in [0.29, 0.717) is 23.0 Å². The lowest BCUT2D eigenvalue weighted by Crippen LogP contribution is -2.25. The third-order valence-corrected chi connectivity index (χ3v) is 3.86. The molecule has 2 aromatic carbocycles. The van der Waals surface area contributed by atoms with Gasteiger partial charge in [-0.3, -0.25) is 4.79 Å². The van der Waals surface area contributed by atoms with Crippen molar-refractivity contribution >= 4 is 27.5 Å². The third-order valence-electron chi connectivity index (χ3n) is 3.33. The summed E-state index contributed by atoms with van der Waals surface area (Å²) in [5.41, 5.74) is 3.79. The zero-order valence-electron chi connectivity index (χ0n) is 14.2. The van der Waals surface area contributed by atoms with E-state index in [4.69, 9.17) is 14.2 Å². The van der Waals surface area contributed by atoms with Crippen molar-refractivity contribution in [2.45, 2.75) is 6.92 Å². The first kappa shape index (κ1) is 18.8. The smallest absolute Gasteiger partial charge is 0.277 e. The number of carbonyl (C=O) groups is 1. The monoisotopic (exact) mass is 406 g/mol. The van der Waals surface area contributed by atoms with Gasteiger partial charge in [0.2, 0.25) is 0 Å². The van der Waals surface area contributed by atoms with E-state index in [0.717, 1.165) is 10.0 Å². The minimum absolute atomic E-state index is 0.131. The van der Waals surface area contributed by atoms with Gasteiger partial charge in [-0.1, -0.05) is 15.9 Å². The topological polar surface area (TPSA) is 69.2 Å². The fraction of sp³-hybridized carbons (Fsp3) is 0.222. The van der Waals surface area contributed by atoms with Crippen LogP contribution in [0.2, 0.25) is 0 Å². The molecule has 7 heteroatoms. The molecule has 0 aromatic heterocycles. The van der Waals surface area contributed by atoms with Gasteiger partial charge in [0.25, 0.3) is 5.91 Å². The Bertz CT molecular complexity index is 760. The van der Waals surface area contributed by atoms with Crippen molar-refractivity contribution in [3.63, 3.8) is 0 Å². The summed E-state index contributed by atoms with van der Waals surface area (Å²) in [6.07, 6.45) is 0. The van der Waals surface area contributed by atoms with Crippen LogP contribution in [0, 0.1) is 0 Å². The molecule has 0 atom stereocenters. The number of methoxy groups -OCH3 is 2. The Kier molecular flexibility index (Phi) is 6.82. The maximum atomic E-state index is 11.9. The van der Waals surface area contributed by atoms with Gasteiger partial charge in [-0.25, -0.2) is 5.43 Å². The van der Waals surface area contributed by atoms with Gasteiger partial charge in [0.1, 0.15) is 17.2 Å². The number of hydrazone groups is 1. The van der Waals surface area contributed by atoms with Crippen LogP contribution in [0.5, 0.6) is 17.2 Å². The first-order valence-corrected chi connectivity index (χ1v) is 8.26. The molecule has 0 aliphatic rings. The Morgan fingerprint density at radius 2 is 1.76 bits per heavy atom. The minimum atomic E-state index is -0.357. The SMILES string of the molecule is COc1ccc(OC)c(/C(C)=N\NC(=O)COc2ccc(Br)cc2)c1. The number of carbonyl (C=O) groups excluding carboxylic acids is 1. The Morgan fingerprint density at radius 3 is 2.40 bits per heavy atom. The molecule has 132 valence electrons. The molecular weight excluding hydrogens is 388 g/mol. The van der Waals surface area contributed by atoms with Gasteiger partial charge in [-0.05, 0) is 49.4 Å². The van der Waals surface area contributed by atoms with E-state index in [1.807, 2.05) is 12.1 Å². The largest absolute Gasteiger partial charge is 0.497 e. The van der Waals surface area contributed by atoms with Crippen molar-refractivity contribution in [2.75, 3.05) is 20.8 Å². The van der Waals surface area contributed by atoms with Crippen molar-refractivity contribution in [1.82, 2.24) is 5.43 Å². The fourth-order valence-corrected chi connectivity index (χ4v) is 2.28. The van der Waals surface area contributed by atoms with E-state index >= 15 is 0 Å². The van der Waals surface area contributed by atoms with Crippen molar-refractivity contribution in [1.29, 1.82) is 0 Å². The predicted octanol–water partition coefficient (Wildman–Crippen LogP) is 3.39. The third kappa shape index (κ3) is 5.49. The molecule has 0 aliphatic heterocycles. The van der Waals surface area contributed by atoms with Crippen LogP contribution in [0.15, 0.2) is 52.0 Å². The molecule has 25 heavy (non-hydrogen) atoms. The van der Waals surface area contributed by atoms with Gasteiger partial charge in [-0.2, -0.15) is 5.10 Å². The second kappa shape index (κ2) is 9.08. The summed E-state index contributed by atoms with van der Waals surface area (Å²) in [6.45, 7) is 1.64. The number of amides is 1. The lowest BCUT2D eigenvalue weighted by Gasteiger charge is -2.10. The number of benzene rings is 2. The Hall–Kier alpha value is -2.54. The second-order valence-corrected chi connectivity index (χ2v) is 5.96. The van der Waals surface area contributed by atoms with Crippen molar-refractivity contribution in [3.05, 3.63) is 52.5 Å². The molecule has 1 N–H and O–H groups in total. The Morgan fingerprint density at radius 1 is 1.08 bits per heavy atom. The van der Waals surface area contributed by atoms with Gasteiger partial charge in [0.15, 0.2) is 6.61 Å². The van der Waals surface area contributed by atoms with Crippen LogP contribution in [-0.4, -0.2) is 32.4 Å². The number of nitrogens with one attached hydrogen (secondary N) is 1. The molecule has 0 aliphatic carbocycles. The minimum Gasteiger partial charge on any atom is -0.497 e. The molecule has 2 aromatic rings. The molecule has 0 radical (unpaired) electrons. The summed E-state index contributed by atoms with van der Waals surface area (Å²) in [5, 5.41) is 4.10. The second-order valence-electron chi connectivity index (χ2n) is 5.04. The molecule has 0 fully saturated rings. The lowest BCUT2D eigenvalue weighted by molar-refractivity contribution is -0.123. The van der Waals surface area contributed by atoms with Crippen LogP contribution >= 0.6 is 15.9 Å².